The van der Waals surface area contributed by atoms with E-state index in [9.17, 15) is 43.2 Å². The van der Waals surface area contributed by atoms with Crippen LogP contribution in [0.15, 0.2) is 0 Å². The lowest BCUT2D eigenvalue weighted by Gasteiger charge is -2.21. The fourth-order valence-electron chi connectivity index (χ4n) is 11.7. The summed E-state index contributed by atoms with van der Waals surface area (Å²) in [6.07, 6.45) is 55.9. The smallest absolute Gasteiger partial charge is 0.462 e. The molecule has 0 heterocycles. The van der Waals surface area contributed by atoms with Gasteiger partial charge in [-0.25, -0.2) is 9.13 Å². The zero-order chi connectivity index (χ0) is 70.0. The standard InChI is InChI=1S/C76H148O17P2/c1-7-9-11-13-15-41-48-54-60-75(80)92-71(64-86-73(78)58-52-46-38-14-12-10-8-2)66-90-94(82,83)88-62-70(77)63-89-95(84,85)91-67-72(65-87-74(79)59-53-47-42-36-32-28-24-21-20-23-27-31-35-40-45-51-57-69(5)6)93-76(81)61-55-49-43-37-33-29-25-19-17-16-18-22-26-30-34-39-44-50-56-68(3)4/h68-72,77H,7-67H2,1-6H3,(H,82,83)(H,84,85)/t70-,71+,72+/m0/s1. The van der Waals surface area contributed by atoms with Gasteiger partial charge >= 0.3 is 39.5 Å². The van der Waals surface area contributed by atoms with Gasteiger partial charge in [0.1, 0.15) is 19.3 Å². The number of hydrogen-bond donors (Lipinski definition) is 3. The predicted molar refractivity (Wildman–Crippen MR) is 386 cm³/mol. The molecule has 0 aromatic heterocycles. The predicted octanol–water partition coefficient (Wildman–Crippen LogP) is 22.3. The van der Waals surface area contributed by atoms with Crippen molar-refractivity contribution in [3.63, 3.8) is 0 Å². The Labute approximate surface area is 581 Å². The Morgan fingerprint density at radius 3 is 0.716 bits per heavy atom. The van der Waals surface area contributed by atoms with Crippen LogP contribution in [0.2, 0.25) is 0 Å². The van der Waals surface area contributed by atoms with Crippen LogP contribution in [0, 0.1) is 11.8 Å². The average molecular weight is 1400 g/mol. The van der Waals surface area contributed by atoms with E-state index in [1.54, 1.807) is 0 Å². The van der Waals surface area contributed by atoms with Crippen LogP contribution in [0.25, 0.3) is 0 Å². The minimum absolute atomic E-state index is 0.105. The summed E-state index contributed by atoms with van der Waals surface area (Å²) in [6.45, 7) is 9.59. The molecule has 2 unspecified atom stereocenters. The lowest BCUT2D eigenvalue weighted by molar-refractivity contribution is -0.161. The van der Waals surface area contributed by atoms with Crippen molar-refractivity contribution in [2.75, 3.05) is 39.6 Å². The Hall–Kier alpha value is -1.94. The molecule has 0 amide bonds. The average Bonchev–Trinajstić information content (AvgIpc) is 1.43. The van der Waals surface area contributed by atoms with Crippen LogP contribution in [-0.4, -0.2) is 96.7 Å². The van der Waals surface area contributed by atoms with Crippen molar-refractivity contribution in [2.45, 2.75) is 413 Å². The molecular formula is C76H148O17P2. The molecule has 564 valence electrons. The Balaban J connectivity index is 5.12. The molecule has 19 heteroatoms. The normalized spacial score (nSPS) is 14.0. The third-order valence-electron chi connectivity index (χ3n) is 17.7. The van der Waals surface area contributed by atoms with Crippen molar-refractivity contribution >= 4 is 39.5 Å². The Morgan fingerprint density at radius 2 is 0.484 bits per heavy atom. The van der Waals surface area contributed by atoms with E-state index in [4.69, 9.17) is 37.0 Å². The number of aliphatic hydroxyl groups excluding tert-OH is 1. The first kappa shape index (κ1) is 93.1. The zero-order valence-corrected chi connectivity index (χ0v) is 63.8. The number of phosphoric acid groups is 2. The monoisotopic (exact) mass is 1400 g/mol. The molecule has 0 aliphatic carbocycles. The fourth-order valence-corrected chi connectivity index (χ4v) is 13.2. The third-order valence-corrected chi connectivity index (χ3v) is 19.6. The first-order valence-electron chi connectivity index (χ1n) is 39.5. The second-order valence-corrected chi connectivity index (χ2v) is 31.3. The topological polar surface area (TPSA) is 237 Å². The highest BCUT2D eigenvalue weighted by atomic mass is 31.2. The molecule has 0 aliphatic heterocycles. The van der Waals surface area contributed by atoms with Gasteiger partial charge < -0.3 is 33.8 Å². The van der Waals surface area contributed by atoms with Crippen LogP contribution in [0.1, 0.15) is 395 Å². The van der Waals surface area contributed by atoms with Crippen LogP contribution < -0.4 is 0 Å². The summed E-state index contributed by atoms with van der Waals surface area (Å²) in [5.74, 6) is -0.491. The maximum absolute atomic E-state index is 13.1. The third kappa shape index (κ3) is 70.3. The van der Waals surface area contributed by atoms with Crippen molar-refractivity contribution in [1.82, 2.24) is 0 Å². The summed E-state index contributed by atoms with van der Waals surface area (Å²) in [6, 6.07) is 0. The van der Waals surface area contributed by atoms with Crippen molar-refractivity contribution in [3.05, 3.63) is 0 Å². The Bertz CT molecular complexity index is 1840. The largest absolute Gasteiger partial charge is 0.472 e. The molecule has 95 heavy (non-hydrogen) atoms. The second-order valence-electron chi connectivity index (χ2n) is 28.3. The van der Waals surface area contributed by atoms with Gasteiger partial charge in [0.2, 0.25) is 0 Å². The summed E-state index contributed by atoms with van der Waals surface area (Å²) in [5, 5.41) is 10.6. The van der Waals surface area contributed by atoms with Gasteiger partial charge in [0.25, 0.3) is 0 Å². The summed E-state index contributed by atoms with van der Waals surface area (Å²) >= 11 is 0. The molecule has 0 saturated heterocycles. The lowest BCUT2D eigenvalue weighted by atomic mass is 10.0. The quantitative estimate of drug-likeness (QED) is 0.0222. The summed E-state index contributed by atoms with van der Waals surface area (Å²) in [4.78, 5) is 72.5. The van der Waals surface area contributed by atoms with E-state index >= 15 is 0 Å². The number of hydrogen-bond acceptors (Lipinski definition) is 15. The van der Waals surface area contributed by atoms with Gasteiger partial charge in [0, 0.05) is 25.7 Å². The van der Waals surface area contributed by atoms with Gasteiger partial charge in [-0.2, -0.15) is 0 Å². The molecular weight excluding hydrogens is 1250 g/mol. The van der Waals surface area contributed by atoms with Crippen LogP contribution >= 0.6 is 15.6 Å². The van der Waals surface area contributed by atoms with Crippen LogP contribution in [0.5, 0.6) is 0 Å². The number of carbonyl (C=O) groups excluding carboxylic acids is 4. The minimum Gasteiger partial charge on any atom is -0.462 e. The van der Waals surface area contributed by atoms with E-state index in [0.717, 1.165) is 121 Å². The summed E-state index contributed by atoms with van der Waals surface area (Å²) in [5.41, 5.74) is 0. The number of carbonyl (C=O) groups is 4. The summed E-state index contributed by atoms with van der Waals surface area (Å²) < 4.78 is 68.3. The van der Waals surface area contributed by atoms with Crippen LogP contribution in [-0.2, 0) is 65.4 Å². The molecule has 0 aromatic carbocycles. The fraction of sp³-hybridized carbons (Fsp3) is 0.947. The molecule has 0 bridgehead atoms. The van der Waals surface area contributed by atoms with Crippen molar-refractivity contribution in [3.8, 4) is 0 Å². The first-order valence-corrected chi connectivity index (χ1v) is 42.5. The van der Waals surface area contributed by atoms with E-state index in [2.05, 4.69) is 41.5 Å². The Morgan fingerprint density at radius 1 is 0.284 bits per heavy atom. The van der Waals surface area contributed by atoms with E-state index in [-0.39, 0.29) is 25.7 Å². The molecule has 3 N–H and O–H groups in total. The van der Waals surface area contributed by atoms with Crippen molar-refractivity contribution in [2.24, 2.45) is 11.8 Å². The van der Waals surface area contributed by atoms with E-state index in [1.165, 1.54) is 193 Å². The Kier molecular flexibility index (Phi) is 66.5. The zero-order valence-electron chi connectivity index (χ0n) is 62.0. The number of phosphoric ester groups is 2. The molecule has 5 atom stereocenters. The molecule has 0 saturated carbocycles. The van der Waals surface area contributed by atoms with E-state index in [0.29, 0.717) is 25.7 Å². The van der Waals surface area contributed by atoms with Crippen molar-refractivity contribution in [1.29, 1.82) is 0 Å². The molecule has 0 radical (unpaired) electrons. The molecule has 0 rings (SSSR count). The van der Waals surface area contributed by atoms with Crippen LogP contribution in [0.3, 0.4) is 0 Å². The van der Waals surface area contributed by atoms with Gasteiger partial charge in [-0.05, 0) is 37.5 Å². The van der Waals surface area contributed by atoms with Gasteiger partial charge in [-0.3, -0.25) is 37.3 Å². The maximum Gasteiger partial charge on any atom is 0.472 e. The number of unbranched alkanes of at least 4 members (excludes halogenated alkanes) is 45. The highest BCUT2D eigenvalue weighted by Gasteiger charge is 2.30. The van der Waals surface area contributed by atoms with E-state index in [1.807, 2.05) is 0 Å². The maximum atomic E-state index is 13.1. The second kappa shape index (κ2) is 67.9. The SMILES string of the molecule is CCCCCCCCCCC(=O)O[C@H](COC(=O)CCCCCCCCC)COP(=O)(O)OC[C@H](O)COP(=O)(O)OC[C@@H](COC(=O)CCCCCCCCCCCCCCCCCCC(C)C)OC(=O)CCCCCCCCCCCCCCCCCCCCC(C)C. The molecule has 0 aromatic rings. The highest BCUT2D eigenvalue weighted by molar-refractivity contribution is 7.47. The molecule has 0 spiro atoms. The summed E-state index contributed by atoms with van der Waals surface area (Å²) in [7, 11) is -9.90. The van der Waals surface area contributed by atoms with Gasteiger partial charge in [-0.1, -0.05) is 343 Å². The van der Waals surface area contributed by atoms with E-state index < -0.39 is 97.5 Å². The molecule has 0 aliphatic rings. The van der Waals surface area contributed by atoms with Crippen molar-refractivity contribution < 1.29 is 80.2 Å². The van der Waals surface area contributed by atoms with Gasteiger partial charge in [-0.15, -0.1) is 0 Å². The van der Waals surface area contributed by atoms with Crippen LogP contribution in [0.4, 0.5) is 0 Å². The number of ether oxygens (including phenoxy) is 4. The molecule has 17 nitrogen and oxygen atoms in total. The lowest BCUT2D eigenvalue weighted by Crippen LogP contribution is -2.30. The molecule has 0 fully saturated rings. The number of rotatable bonds is 75. The minimum atomic E-state index is -4.96. The highest BCUT2D eigenvalue weighted by Crippen LogP contribution is 2.45. The van der Waals surface area contributed by atoms with Gasteiger partial charge in [0.15, 0.2) is 12.2 Å². The first-order chi connectivity index (χ1) is 45.9. The number of esters is 4. The van der Waals surface area contributed by atoms with Gasteiger partial charge in [0.05, 0.1) is 26.4 Å². The number of aliphatic hydroxyl groups is 1.